The fraction of sp³-hybridized carbons (Fsp3) is 0.429. The Balaban J connectivity index is 1.74. The van der Waals surface area contributed by atoms with Gasteiger partial charge in [-0.2, -0.15) is 11.8 Å². The van der Waals surface area contributed by atoms with Crippen molar-refractivity contribution in [3.05, 3.63) is 29.8 Å². The highest BCUT2D eigenvalue weighted by Crippen LogP contribution is 2.31. The maximum atomic E-state index is 12.4. The van der Waals surface area contributed by atoms with Crippen molar-refractivity contribution < 1.29 is 14.3 Å². The molecule has 3 rings (SSSR count). The summed E-state index contributed by atoms with van der Waals surface area (Å²) in [7, 11) is 1.60. The van der Waals surface area contributed by atoms with E-state index < -0.39 is 0 Å². The van der Waals surface area contributed by atoms with Crippen LogP contribution in [0.1, 0.15) is 5.56 Å². The van der Waals surface area contributed by atoms with E-state index in [1.54, 1.807) is 18.9 Å². The van der Waals surface area contributed by atoms with Crippen LogP contribution >= 0.6 is 11.8 Å². The van der Waals surface area contributed by atoms with E-state index in [0.717, 1.165) is 22.8 Å². The van der Waals surface area contributed by atoms with Crippen molar-refractivity contribution in [1.82, 2.24) is 4.90 Å². The molecule has 0 radical (unpaired) electrons. The first-order chi connectivity index (χ1) is 9.69. The monoisotopic (exact) mass is 292 g/mol. The second-order valence-corrected chi connectivity index (χ2v) is 5.93. The number of hydrogen-bond donors (Lipinski definition) is 1. The normalized spacial score (nSPS) is 24.4. The second kappa shape index (κ2) is 5.36. The number of carbonyl (C=O) groups excluding carboxylic acids is 1. The van der Waals surface area contributed by atoms with E-state index in [4.69, 9.17) is 14.9 Å². The number of fused-ring (bicyclic) bond motifs is 1. The molecule has 2 heterocycles. The molecule has 2 aliphatic heterocycles. The molecule has 6 heteroatoms. The van der Waals surface area contributed by atoms with E-state index in [2.05, 4.69) is 0 Å². The molecule has 2 aliphatic rings. The van der Waals surface area contributed by atoms with Crippen molar-refractivity contribution in [2.24, 2.45) is 0 Å². The number of methoxy groups -OCH3 is 1. The lowest BCUT2D eigenvalue weighted by Crippen LogP contribution is -2.42. The lowest BCUT2D eigenvalue weighted by atomic mass is 10.1. The number of ether oxygens (including phenoxy) is 2. The first-order valence-electron chi connectivity index (χ1n) is 6.47. The van der Waals surface area contributed by atoms with E-state index in [1.165, 1.54) is 4.90 Å². The number of rotatable bonds is 3. The quantitative estimate of drug-likeness (QED) is 0.917. The summed E-state index contributed by atoms with van der Waals surface area (Å²) in [5.41, 5.74) is 0.885. The van der Waals surface area contributed by atoms with E-state index >= 15 is 0 Å². The maximum Gasteiger partial charge on any atom is 0.292 e. The second-order valence-electron chi connectivity index (χ2n) is 4.86. The molecule has 2 fully saturated rings. The Labute approximate surface area is 121 Å². The van der Waals surface area contributed by atoms with Crippen LogP contribution in [0.2, 0.25) is 0 Å². The molecule has 0 spiro atoms. The Morgan fingerprint density at radius 3 is 3.20 bits per heavy atom. The SMILES string of the molecule is COc1cccc(CC(=O)N2C(=N)O[C@@H]3CSC[C@@H]32)c1. The zero-order chi connectivity index (χ0) is 14.1. The molecular formula is C14H16N2O3S. The van der Waals surface area contributed by atoms with Gasteiger partial charge < -0.3 is 9.47 Å². The number of hydrogen-bond acceptors (Lipinski definition) is 5. The van der Waals surface area contributed by atoms with E-state index in [9.17, 15) is 4.79 Å². The van der Waals surface area contributed by atoms with Gasteiger partial charge in [-0.1, -0.05) is 12.1 Å². The number of benzene rings is 1. The van der Waals surface area contributed by atoms with Gasteiger partial charge in [-0.15, -0.1) is 0 Å². The summed E-state index contributed by atoms with van der Waals surface area (Å²) in [5.74, 6) is 2.35. The molecule has 0 unspecified atom stereocenters. The summed E-state index contributed by atoms with van der Waals surface area (Å²) in [6, 6.07) is 7.46. The van der Waals surface area contributed by atoms with Crippen LogP contribution in [0.25, 0.3) is 0 Å². The fourth-order valence-corrected chi connectivity index (χ4v) is 3.83. The smallest absolute Gasteiger partial charge is 0.292 e. The summed E-state index contributed by atoms with van der Waals surface area (Å²) in [6.45, 7) is 0. The molecule has 2 saturated heterocycles. The maximum absolute atomic E-state index is 12.4. The Morgan fingerprint density at radius 2 is 2.40 bits per heavy atom. The molecule has 106 valence electrons. The number of carbonyl (C=O) groups is 1. The molecule has 0 aromatic heterocycles. The average molecular weight is 292 g/mol. The lowest BCUT2D eigenvalue weighted by Gasteiger charge is -2.19. The molecule has 1 amide bonds. The van der Waals surface area contributed by atoms with Crippen LogP contribution in [0.5, 0.6) is 5.75 Å². The van der Waals surface area contributed by atoms with Crippen LogP contribution in [0.4, 0.5) is 0 Å². The van der Waals surface area contributed by atoms with Gasteiger partial charge in [-0.3, -0.25) is 15.1 Å². The predicted octanol–water partition coefficient (Wildman–Crippen LogP) is 1.52. The van der Waals surface area contributed by atoms with Gasteiger partial charge in [0.25, 0.3) is 6.02 Å². The number of amidine groups is 1. The molecule has 2 atom stereocenters. The minimum atomic E-state index is -0.0850. The molecule has 20 heavy (non-hydrogen) atoms. The van der Waals surface area contributed by atoms with Gasteiger partial charge in [-0.25, -0.2) is 0 Å². The van der Waals surface area contributed by atoms with Crippen molar-refractivity contribution in [2.45, 2.75) is 18.6 Å². The standard InChI is InChI=1S/C14H16N2O3S/c1-18-10-4-2-3-9(5-10)6-13(17)16-11-7-20-8-12(11)19-14(16)15/h2-5,11-12,15H,6-8H2,1H3/t11-,12+/m0/s1. The van der Waals surface area contributed by atoms with Crippen LogP contribution in [0, 0.1) is 5.41 Å². The minimum absolute atomic E-state index is 0.00630. The van der Waals surface area contributed by atoms with Crippen LogP contribution in [-0.4, -0.2) is 47.6 Å². The molecule has 1 N–H and O–H groups in total. The van der Waals surface area contributed by atoms with Gasteiger partial charge in [0.05, 0.1) is 19.6 Å². The molecular weight excluding hydrogens is 276 g/mol. The minimum Gasteiger partial charge on any atom is -0.497 e. The first-order valence-corrected chi connectivity index (χ1v) is 7.62. The summed E-state index contributed by atoms with van der Waals surface area (Å²) >= 11 is 1.77. The molecule has 5 nitrogen and oxygen atoms in total. The zero-order valence-electron chi connectivity index (χ0n) is 11.2. The highest BCUT2D eigenvalue weighted by Gasteiger charge is 2.45. The topological polar surface area (TPSA) is 62.6 Å². The molecule has 0 bridgehead atoms. The average Bonchev–Trinajstić information content (AvgIpc) is 2.98. The number of amides is 1. The number of nitrogens with one attached hydrogen (secondary N) is 1. The van der Waals surface area contributed by atoms with Crippen molar-refractivity contribution >= 4 is 23.7 Å². The summed E-state index contributed by atoms with van der Waals surface area (Å²) in [6.07, 6.45) is 0.248. The number of thioether (sulfide) groups is 1. The van der Waals surface area contributed by atoms with E-state index in [0.29, 0.717) is 0 Å². The van der Waals surface area contributed by atoms with Gasteiger partial charge in [0.15, 0.2) is 0 Å². The van der Waals surface area contributed by atoms with E-state index in [1.807, 2.05) is 24.3 Å². The third kappa shape index (κ3) is 2.35. The van der Waals surface area contributed by atoms with Crippen molar-refractivity contribution in [1.29, 1.82) is 5.41 Å². The van der Waals surface area contributed by atoms with Gasteiger partial charge in [0, 0.05) is 11.5 Å². The van der Waals surface area contributed by atoms with Crippen molar-refractivity contribution in [3.63, 3.8) is 0 Å². The molecule has 1 aromatic rings. The molecule has 1 aromatic carbocycles. The van der Waals surface area contributed by atoms with Gasteiger partial charge in [0.1, 0.15) is 11.9 Å². The van der Waals surface area contributed by atoms with Crippen molar-refractivity contribution in [2.75, 3.05) is 18.6 Å². The Kier molecular flexibility index (Phi) is 3.56. The Bertz CT molecular complexity index is 549. The lowest BCUT2D eigenvalue weighted by molar-refractivity contribution is -0.127. The van der Waals surface area contributed by atoms with Crippen LogP contribution < -0.4 is 4.74 Å². The number of nitrogens with zero attached hydrogens (tertiary/aromatic N) is 1. The largest absolute Gasteiger partial charge is 0.497 e. The van der Waals surface area contributed by atoms with Gasteiger partial charge in [0.2, 0.25) is 5.91 Å². The van der Waals surface area contributed by atoms with E-state index in [-0.39, 0.29) is 30.5 Å². The summed E-state index contributed by atoms with van der Waals surface area (Å²) < 4.78 is 10.6. The van der Waals surface area contributed by atoms with Crippen LogP contribution in [0.3, 0.4) is 0 Å². The first kappa shape index (κ1) is 13.3. The van der Waals surface area contributed by atoms with Gasteiger partial charge in [-0.05, 0) is 17.7 Å². The highest BCUT2D eigenvalue weighted by molar-refractivity contribution is 7.99. The Hall–Kier alpha value is -1.69. The predicted molar refractivity (Wildman–Crippen MR) is 77.3 cm³/mol. The summed E-state index contributed by atoms with van der Waals surface area (Å²) in [4.78, 5) is 13.9. The third-order valence-electron chi connectivity index (χ3n) is 3.57. The fourth-order valence-electron chi connectivity index (χ4n) is 2.57. The van der Waals surface area contributed by atoms with Gasteiger partial charge >= 0.3 is 0 Å². The Morgan fingerprint density at radius 1 is 1.55 bits per heavy atom. The van der Waals surface area contributed by atoms with Crippen molar-refractivity contribution in [3.8, 4) is 5.75 Å². The van der Waals surface area contributed by atoms with Crippen LogP contribution in [0.15, 0.2) is 24.3 Å². The summed E-state index contributed by atoms with van der Waals surface area (Å²) in [5, 5.41) is 7.83. The third-order valence-corrected chi connectivity index (χ3v) is 4.71. The highest BCUT2D eigenvalue weighted by atomic mass is 32.2. The molecule has 0 aliphatic carbocycles. The van der Waals surface area contributed by atoms with Crippen LogP contribution in [-0.2, 0) is 16.0 Å². The zero-order valence-corrected chi connectivity index (χ0v) is 12.0. The molecule has 0 saturated carbocycles.